The molecule has 1 rings (SSSR count). The second kappa shape index (κ2) is 3.96. The highest BCUT2D eigenvalue weighted by molar-refractivity contribution is 9.10. The molecule has 0 aliphatic rings. The van der Waals surface area contributed by atoms with Gasteiger partial charge >= 0.3 is 6.43 Å². The monoisotopic (exact) mass is 248 g/mol. The Labute approximate surface area is 82.9 Å². The van der Waals surface area contributed by atoms with Gasteiger partial charge in [-0.05, 0) is 18.6 Å². The van der Waals surface area contributed by atoms with Crippen molar-refractivity contribution in [2.45, 2.75) is 13.3 Å². The number of halogens is 3. The van der Waals surface area contributed by atoms with E-state index in [0.717, 1.165) is 5.56 Å². The predicted molar refractivity (Wildman–Crippen MR) is 49.2 cm³/mol. The van der Waals surface area contributed by atoms with Gasteiger partial charge in [0.05, 0.1) is 0 Å². The van der Waals surface area contributed by atoms with Gasteiger partial charge in [-0.2, -0.15) is 0 Å². The van der Waals surface area contributed by atoms with E-state index >= 15 is 0 Å². The van der Waals surface area contributed by atoms with Crippen LogP contribution < -0.4 is 0 Å². The molecular weight excluding hydrogens is 242 g/mol. The van der Waals surface area contributed by atoms with Gasteiger partial charge in [-0.3, -0.25) is 4.79 Å². The fourth-order valence-electron chi connectivity index (χ4n) is 0.872. The van der Waals surface area contributed by atoms with Gasteiger partial charge in [0.2, 0.25) is 5.78 Å². The number of benzene rings is 1. The van der Waals surface area contributed by atoms with Crippen molar-refractivity contribution in [3.05, 3.63) is 33.8 Å². The summed E-state index contributed by atoms with van der Waals surface area (Å²) >= 11 is 3.17. The maximum absolute atomic E-state index is 12.0. The summed E-state index contributed by atoms with van der Waals surface area (Å²) in [5, 5.41) is 0. The summed E-state index contributed by atoms with van der Waals surface area (Å²) in [5.41, 5.74) is 0.943. The number of carbonyl (C=O) groups excluding carboxylic acids is 1. The van der Waals surface area contributed by atoms with Crippen LogP contribution in [0, 0.1) is 6.92 Å². The van der Waals surface area contributed by atoms with E-state index in [9.17, 15) is 13.6 Å². The molecule has 1 aromatic carbocycles. The second-order valence-electron chi connectivity index (χ2n) is 2.63. The Morgan fingerprint density at radius 1 is 1.46 bits per heavy atom. The first-order chi connectivity index (χ1) is 6.02. The summed E-state index contributed by atoms with van der Waals surface area (Å²) in [6.07, 6.45) is -2.94. The van der Waals surface area contributed by atoms with Crippen molar-refractivity contribution in [1.29, 1.82) is 0 Å². The van der Waals surface area contributed by atoms with Crippen LogP contribution >= 0.6 is 15.9 Å². The SMILES string of the molecule is Cc1ccc(C(=O)C(F)F)cc1Br. The van der Waals surface area contributed by atoms with Crippen LogP contribution in [0.15, 0.2) is 22.7 Å². The van der Waals surface area contributed by atoms with Crippen LogP contribution in [0.4, 0.5) is 8.78 Å². The van der Waals surface area contributed by atoms with Gasteiger partial charge in [-0.15, -0.1) is 0 Å². The van der Waals surface area contributed by atoms with Crippen LogP contribution in [0.1, 0.15) is 15.9 Å². The van der Waals surface area contributed by atoms with Crippen LogP contribution in [-0.2, 0) is 0 Å². The van der Waals surface area contributed by atoms with Gasteiger partial charge in [0.25, 0.3) is 0 Å². The van der Waals surface area contributed by atoms with Crippen molar-refractivity contribution in [1.82, 2.24) is 0 Å². The quantitative estimate of drug-likeness (QED) is 0.735. The Hall–Kier alpha value is -0.770. The zero-order chi connectivity index (χ0) is 10.0. The summed E-state index contributed by atoms with van der Waals surface area (Å²) in [4.78, 5) is 10.8. The number of hydrogen-bond acceptors (Lipinski definition) is 1. The number of aryl methyl sites for hydroxylation is 1. The molecule has 0 amide bonds. The average Bonchev–Trinajstić information content (AvgIpc) is 2.08. The van der Waals surface area contributed by atoms with Crippen LogP contribution in [0.2, 0.25) is 0 Å². The molecule has 0 aliphatic heterocycles. The smallest absolute Gasteiger partial charge is 0.288 e. The molecule has 0 aromatic heterocycles. The van der Waals surface area contributed by atoms with Crippen LogP contribution in [0.3, 0.4) is 0 Å². The number of ketones is 1. The first-order valence-corrected chi connectivity index (χ1v) is 4.40. The number of rotatable bonds is 2. The van der Waals surface area contributed by atoms with Gasteiger partial charge < -0.3 is 0 Å². The molecule has 0 atom stereocenters. The third-order valence-electron chi connectivity index (χ3n) is 1.65. The maximum Gasteiger partial charge on any atom is 0.300 e. The Morgan fingerprint density at radius 2 is 2.08 bits per heavy atom. The molecule has 70 valence electrons. The molecule has 0 bridgehead atoms. The molecule has 0 fully saturated rings. The van der Waals surface area contributed by atoms with Crippen LogP contribution in [0.25, 0.3) is 0 Å². The Balaban J connectivity index is 3.04. The minimum atomic E-state index is -2.94. The van der Waals surface area contributed by atoms with Crippen molar-refractivity contribution >= 4 is 21.7 Å². The van der Waals surface area contributed by atoms with E-state index in [-0.39, 0.29) is 5.56 Å². The second-order valence-corrected chi connectivity index (χ2v) is 3.48. The van der Waals surface area contributed by atoms with Crippen molar-refractivity contribution in [2.24, 2.45) is 0 Å². The van der Waals surface area contributed by atoms with Crippen LogP contribution in [0.5, 0.6) is 0 Å². The van der Waals surface area contributed by atoms with E-state index in [1.807, 2.05) is 6.92 Å². The lowest BCUT2D eigenvalue weighted by Gasteiger charge is -2.02. The van der Waals surface area contributed by atoms with Gasteiger partial charge in [-0.25, -0.2) is 8.78 Å². The van der Waals surface area contributed by atoms with Gasteiger partial charge in [0.1, 0.15) is 0 Å². The molecule has 13 heavy (non-hydrogen) atoms. The number of hydrogen-bond donors (Lipinski definition) is 0. The van der Waals surface area contributed by atoms with Crippen molar-refractivity contribution in [3.8, 4) is 0 Å². The van der Waals surface area contributed by atoms with E-state index in [0.29, 0.717) is 4.47 Å². The molecule has 1 nitrogen and oxygen atoms in total. The lowest BCUT2D eigenvalue weighted by atomic mass is 10.1. The fourth-order valence-corrected chi connectivity index (χ4v) is 1.25. The molecule has 4 heteroatoms. The summed E-state index contributed by atoms with van der Waals surface area (Å²) in [6, 6.07) is 4.43. The highest BCUT2D eigenvalue weighted by Crippen LogP contribution is 2.19. The standard InChI is InChI=1S/C9H7BrF2O/c1-5-2-3-6(4-7(5)10)8(13)9(11)12/h2-4,9H,1H3. The largest absolute Gasteiger partial charge is 0.300 e. The van der Waals surface area contributed by atoms with Crippen LogP contribution in [-0.4, -0.2) is 12.2 Å². The Morgan fingerprint density at radius 3 is 2.54 bits per heavy atom. The molecule has 0 unspecified atom stereocenters. The molecule has 0 aliphatic carbocycles. The minimum absolute atomic E-state index is 0.0347. The molecule has 0 radical (unpaired) electrons. The van der Waals surface area contributed by atoms with E-state index < -0.39 is 12.2 Å². The third-order valence-corrected chi connectivity index (χ3v) is 2.51. The summed E-state index contributed by atoms with van der Waals surface area (Å²) in [6.45, 7) is 1.82. The zero-order valence-corrected chi connectivity index (χ0v) is 8.44. The normalized spacial score (nSPS) is 10.5. The minimum Gasteiger partial charge on any atom is -0.288 e. The summed E-state index contributed by atoms with van der Waals surface area (Å²) in [5.74, 6) is -1.14. The van der Waals surface area contributed by atoms with Gasteiger partial charge in [-0.1, -0.05) is 28.1 Å². The van der Waals surface area contributed by atoms with Crippen molar-refractivity contribution in [3.63, 3.8) is 0 Å². The molecule has 0 saturated carbocycles. The zero-order valence-electron chi connectivity index (χ0n) is 6.85. The molecule has 0 heterocycles. The fraction of sp³-hybridized carbons (Fsp3) is 0.222. The number of alkyl halides is 2. The van der Waals surface area contributed by atoms with Gasteiger partial charge in [0.15, 0.2) is 0 Å². The summed E-state index contributed by atoms with van der Waals surface area (Å²) in [7, 11) is 0. The third kappa shape index (κ3) is 2.34. The Kier molecular flexibility index (Phi) is 3.14. The topological polar surface area (TPSA) is 17.1 Å². The van der Waals surface area contributed by atoms with E-state index in [2.05, 4.69) is 15.9 Å². The highest BCUT2D eigenvalue weighted by atomic mass is 79.9. The first-order valence-electron chi connectivity index (χ1n) is 3.61. The molecular formula is C9H7BrF2O. The van der Waals surface area contributed by atoms with Crippen molar-refractivity contribution in [2.75, 3.05) is 0 Å². The molecule has 0 spiro atoms. The number of Topliss-reactive ketones (excluding diaryl/α,β-unsaturated/α-hetero) is 1. The Bertz CT molecular complexity index is 336. The lowest BCUT2D eigenvalue weighted by molar-refractivity contribution is 0.0678. The summed E-state index contributed by atoms with van der Waals surface area (Å²) < 4.78 is 24.6. The number of carbonyl (C=O) groups is 1. The van der Waals surface area contributed by atoms with Crippen molar-refractivity contribution < 1.29 is 13.6 Å². The maximum atomic E-state index is 12.0. The molecule has 1 aromatic rings. The van der Waals surface area contributed by atoms with E-state index in [1.165, 1.54) is 12.1 Å². The predicted octanol–water partition coefficient (Wildman–Crippen LogP) is 3.21. The lowest BCUT2D eigenvalue weighted by Crippen LogP contribution is -2.09. The van der Waals surface area contributed by atoms with E-state index in [4.69, 9.17) is 0 Å². The average molecular weight is 249 g/mol. The highest BCUT2D eigenvalue weighted by Gasteiger charge is 2.17. The first kappa shape index (κ1) is 10.3. The molecule has 0 saturated heterocycles. The van der Waals surface area contributed by atoms with Gasteiger partial charge in [0, 0.05) is 10.0 Å². The van der Waals surface area contributed by atoms with E-state index in [1.54, 1.807) is 6.07 Å². The molecule has 0 N–H and O–H groups in total.